The molecule has 0 radical (unpaired) electrons. The highest BCUT2D eigenvalue weighted by molar-refractivity contribution is 7.89. The first-order valence-corrected chi connectivity index (χ1v) is 10.5. The molecule has 2 heterocycles. The van der Waals surface area contributed by atoms with Crippen LogP contribution in [0, 0.1) is 6.92 Å². The van der Waals surface area contributed by atoms with Gasteiger partial charge in [-0.05, 0) is 50.9 Å². The minimum Gasteiger partial charge on any atom is -0.379 e. The number of ether oxygens (including phenoxy) is 1. The molecule has 0 aromatic heterocycles. The number of benzene rings is 1. The summed E-state index contributed by atoms with van der Waals surface area (Å²) in [5, 5.41) is 6.39. The first kappa shape index (κ1) is 22.1. The largest absolute Gasteiger partial charge is 0.379 e. The molecule has 7 nitrogen and oxygen atoms in total. The number of hydrogen-bond donors (Lipinski definition) is 2. The fraction of sp³-hybridized carbons (Fsp3) is 0.611. The normalized spacial score (nSPS) is 24.1. The second kappa shape index (κ2) is 9.34. The highest BCUT2D eigenvalue weighted by Crippen LogP contribution is 2.22. The van der Waals surface area contributed by atoms with Crippen molar-refractivity contribution in [2.24, 2.45) is 0 Å². The topological polar surface area (TPSA) is 87.7 Å². The molecule has 2 aliphatic heterocycles. The number of carbonyl (C=O) groups excluding carboxylic acids is 1. The Morgan fingerprint density at radius 3 is 2.67 bits per heavy atom. The molecule has 2 N–H and O–H groups in total. The molecule has 9 heteroatoms. The molecule has 152 valence electrons. The molecule has 0 aliphatic carbocycles. The molecule has 2 saturated heterocycles. The molecule has 0 bridgehead atoms. The molecular formula is C18H28ClN3O4S. The Labute approximate surface area is 167 Å². The van der Waals surface area contributed by atoms with Crippen LogP contribution in [0.25, 0.3) is 0 Å². The number of nitrogens with zero attached hydrogens (tertiary/aromatic N) is 1. The minimum atomic E-state index is -3.63. The van der Waals surface area contributed by atoms with E-state index >= 15 is 0 Å². The third-order valence-corrected chi connectivity index (χ3v) is 7.04. The molecule has 0 saturated carbocycles. The molecule has 0 spiro atoms. The van der Waals surface area contributed by atoms with Gasteiger partial charge in [-0.2, -0.15) is 4.31 Å². The van der Waals surface area contributed by atoms with Crippen LogP contribution in [0.3, 0.4) is 0 Å². The van der Waals surface area contributed by atoms with Gasteiger partial charge in [-0.3, -0.25) is 4.79 Å². The lowest BCUT2D eigenvalue weighted by atomic mass is 10.00. The van der Waals surface area contributed by atoms with Gasteiger partial charge in [0.25, 0.3) is 5.91 Å². The van der Waals surface area contributed by atoms with Crippen LogP contribution in [-0.2, 0) is 14.8 Å². The Kier molecular flexibility index (Phi) is 7.64. The quantitative estimate of drug-likeness (QED) is 0.771. The van der Waals surface area contributed by atoms with Crippen LogP contribution >= 0.6 is 12.4 Å². The van der Waals surface area contributed by atoms with Crippen LogP contribution < -0.4 is 10.6 Å². The van der Waals surface area contributed by atoms with Gasteiger partial charge in [0.2, 0.25) is 10.0 Å². The van der Waals surface area contributed by atoms with E-state index in [2.05, 4.69) is 17.6 Å². The monoisotopic (exact) mass is 417 g/mol. The Hall–Kier alpha value is -1.19. The molecule has 1 aromatic carbocycles. The summed E-state index contributed by atoms with van der Waals surface area (Å²) >= 11 is 0. The van der Waals surface area contributed by atoms with Gasteiger partial charge in [0, 0.05) is 30.7 Å². The fourth-order valence-electron chi connectivity index (χ4n) is 3.48. The predicted molar refractivity (Wildman–Crippen MR) is 106 cm³/mol. The van der Waals surface area contributed by atoms with Gasteiger partial charge in [0.1, 0.15) is 0 Å². The van der Waals surface area contributed by atoms with Crippen molar-refractivity contribution in [3.05, 3.63) is 29.3 Å². The summed E-state index contributed by atoms with van der Waals surface area (Å²) < 4.78 is 32.6. The number of rotatable bonds is 4. The van der Waals surface area contributed by atoms with Gasteiger partial charge in [-0.15, -0.1) is 12.4 Å². The highest BCUT2D eigenvalue weighted by Gasteiger charge is 2.29. The van der Waals surface area contributed by atoms with Crippen LogP contribution in [0.4, 0.5) is 0 Å². The van der Waals surface area contributed by atoms with Crippen molar-refractivity contribution in [1.82, 2.24) is 14.9 Å². The van der Waals surface area contributed by atoms with Crippen molar-refractivity contribution >= 4 is 28.3 Å². The van der Waals surface area contributed by atoms with Crippen molar-refractivity contribution in [1.29, 1.82) is 0 Å². The van der Waals surface area contributed by atoms with Crippen LogP contribution in [0.1, 0.15) is 35.7 Å². The average Bonchev–Trinajstić information content (AvgIpc) is 2.62. The second-order valence-electron chi connectivity index (χ2n) is 7.05. The zero-order valence-corrected chi connectivity index (χ0v) is 17.4. The number of hydrogen-bond acceptors (Lipinski definition) is 5. The predicted octanol–water partition coefficient (Wildman–Crippen LogP) is 1.31. The number of sulfonamides is 1. The van der Waals surface area contributed by atoms with Gasteiger partial charge >= 0.3 is 0 Å². The SMILES string of the molecule is Cc1ccc(C(=O)NC2CCNC(C)C2)cc1S(=O)(=O)N1CCOCC1.Cl. The summed E-state index contributed by atoms with van der Waals surface area (Å²) in [6, 6.07) is 5.37. The smallest absolute Gasteiger partial charge is 0.251 e. The lowest BCUT2D eigenvalue weighted by molar-refractivity contribution is 0.0730. The number of carbonyl (C=O) groups is 1. The number of piperidine rings is 1. The summed E-state index contributed by atoms with van der Waals surface area (Å²) in [5.41, 5.74) is 1.03. The fourth-order valence-corrected chi connectivity index (χ4v) is 5.14. The maximum absolute atomic E-state index is 12.9. The number of morpholine rings is 1. The molecule has 27 heavy (non-hydrogen) atoms. The molecule has 1 amide bonds. The zero-order valence-electron chi connectivity index (χ0n) is 15.7. The number of nitrogens with one attached hydrogen (secondary N) is 2. The molecule has 2 unspecified atom stereocenters. The number of aryl methyl sites for hydroxylation is 1. The molecule has 1 aromatic rings. The Bertz CT molecular complexity index is 766. The summed E-state index contributed by atoms with van der Waals surface area (Å²) in [5.74, 6) is -0.220. The van der Waals surface area contributed by atoms with Crippen LogP contribution in [0.5, 0.6) is 0 Å². The standard InChI is InChI=1S/C18H27N3O4S.ClH/c1-13-3-4-15(18(22)20-16-5-6-19-14(2)11-16)12-17(13)26(23,24)21-7-9-25-10-8-21;/h3-4,12,14,16,19H,5-11H2,1-2H3,(H,20,22);1H. The zero-order chi connectivity index (χ0) is 18.7. The van der Waals surface area contributed by atoms with E-state index in [1.54, 1.807) is 19.1 Å². The first-order chi connectivity index (χ1) is 12.4. The van der Waals surface area contributed by atoms with E-state index in [9.17, 15) is 13.2 Å². The van der Waals surface area contributed by atoms with Gasteiger partial charge < -0.3 is 15.4 Å². The first-order valence-electron chi connectivity index (χ1n) is 9.10. The number of halogens is 1. The Morgan fingerprint density at radius 1 is 1.30 bits per heavy atom. The van der Waals surface area contributed by atoms with Crippen LogP contribution in [-0.4, -0.2) is 63.6 Å². The van der Waals surface area contributed by atoms with E-state index in [0.717, 1.165) is 19.4 Å². The molecule has 2 atom stereocenters. The molecule has 2 fully saturated rings. The van der Waals surface area contributed by atoms with Crippen molar-refractivity contribution in [3.63, 3.8) is 0 Å². The summed E-state index contributed by atoms with van der Waals surface area (Å²) in [7, 11) is -3.63. The lowest BCUT2D eigenvalue weighted by Gasteiger charge is -2.29. The van der Waals surface area contributed by atoms with Gasteiger partial charge in [-0.1, -0.05) is 6.07 Å². The van der Waals surface area contributed by atoms with Crippen molar-refractivity contribution in [3.8, 4) is 0 Å². The van der Waals surface area contributed by atoms with Crippen molar-refractivity contribution in [2.75, 3.05) is 32.8 Å². The average molecular weight is 418 g/mol. The summed E-state index contributed by atoms with van der Waals surface area (Å²) in [6.45, 7) is 6.19. The van der Waals surface area contributed by atoms with E-state index in [4.69, 9.17) is 4.74 Å². The Balaban J connectivity index is 0.00000261. The molecule has 3 rings (SSSR count). The second-order valence-corrected chi connectivity index (χ2v) is 8.95. The van der Waals surface area contributed by atoms with Gasteiger partial charge in [0.05, 0.1) is 18.1 Å². The minimum absolute atomic E-state index is 0. The third-order valence-electron chi connectivity index (χ3n) is 5.00. The summed E-state index contributed by atoms with van der Waals surface area (Å²) in [6.07, 6.45) is 1.75. The molecule has 2 aliphatic rings. The van der Waals surface area contributed by atoms with E-state index < -0.39 is 10.0 Å². The maximum atomic E-state index is 12.9. The van der Waals surface area contributed by atoms with E-state index in [1.807, 2.05) is 0 Å². The molecular weight excluding hydrogens is 390 g/mol. The van der Waals surface area contributed by atoms with Crippen LogP contribution in [0.2, 0.25) is 0 Å². The van der Waals surface area contributed by atoms with Crippen molar-refractivity contribution < 1.29 is 17.9 Å². The van der Waals surface area contributed by atoms with Crippen molar-refractivity contribution in [2.45, 2.75) is 43.7 Å². The highest BCUT2D eigenvalue weighted by atomic mass is 35.5. The van der Waals surface area contributed by atoms with Gasteiger partial charge in [-0.25, -0.2) is 8.42 Å². The third kappa shape index (κ3) is 5.20. The van der Waals surface area contributed by atoms with E-state index in [0.29, 0.717) is 43.5 Å². The van der Waals surface area contributed by atoms with E-state index in [1.165, 1.54) is 10.4 Å². The van der Waals surface area contributed by atoms with Gasteiger partial charge in [0.15, 0.2) is 0 Å². The number of amides is 1. The van der Waals surface area contributed by atoms with Crippen LogP contribution in [0.15, 0.2) is 23.1 Å². The Morgan fingerprint density at radius 2 is 2.00 bits per heavy atom. The van der Waals surface area contributed by atoms with E-state index in [-0.39, 0.29) is 29.3 Å². The maximum Gasteiger partial charge on any atom is 0.251 e. The lowest BCUT2D eigenvalue weighted by Crippen LogP contribution is -2.46. The summed E-state index contributed by atoms with van der Waals surface area (Å²) in [4.78, 5) is 12.8.